The number of nitro benzene ring substituents is 1. The van der Waals surface area contributed by atoms with E-state index in [0.29, 0.717) is 16.3 Å². The second kappa shape index (κ2) is 6.38. The van der Waals surface area contributed by atoms with Gasteiger partial charge >= 0.3 is 0 Å². The molecule has 0 unspecified atom stereocenters. The van der Waals surface area contributed by atoms with E-state index in [1.165, 1.54) is 17.0 Å². The Balaban J connectivity index is 2.01. The van der Waals surface area contributed by atoms with Gasteiger partial charge in [0.1, 0.15) is 5.70 Å². The van der Waals surface area contributed by atoms with Crippen LogP contribution in [-0.4, -0.2) is 15.9 Å². The monoisotopic (exact) mass is 359 g/mol. The number of halogens is 1. The van der Waals surface area contributed by atoms with Gasteiger partial charge in [-0.25, -0.2) is 0 Å². The van der Waals surface area contributed by atoms with E-state index in [1.807, 2.05) is 0 Å². The molecule has 120 valence electrons. The highest BCUT2D eigenvalue weighted by Gasteiger charge is 2.33. The lowest BCUT2D eigenvalue weighted by Gasteiger charge is -2.15. The fourth-order valence-corrected chi connectivity index (χ4v) is 2.83. The Kier molecular flexibility index (Phi) is 4.28. The molecule has 0 aliphatic carbocycles. The normalized spacial score (nSPS) is 15.7. The van der Waals surface area contributed by atoms with Crippen molar-refractivity contribution in [3.8, 4) is 0 Å². The van der Waals surface area contributed by atoms with E-state index in [2.05, 4.69) is 5.32 Å². The van der Waals surface area contributed by atoms with Crippen molar-refractivity contribution < 1.29 is 9.72 Å². The van der Waals surface area contributed by atoms with Gasteiger partial charge in [0.05, 0.1) is 21.2 Å². The lowest BCUT2D eigenvalue weighted by molar-refractivity contribution is -0.385. The summed E-state index contributed by atoms with van der Waals surface area (Å²) in [6.07, 6.45) is 1.41. The molecule has 1 N–H and O–H groups in total. The topological polar surface area (TPSA) is 75.5 Å². The minimum Gasteiger partial charge on any atom is -0.327 e. The Morgan fingerprint density at radius 1 is 1.17 bits per heavy atom. The predicted molar refractivity (Wildman–Crippen MR) is 95.7 cm³/mol. The Morgan fingerprint density at radius 2 is 1.83 bits per heavy atom. The Bertz CT molecular complexity index is 898. The van der Waals surface area contributed by atoms with Crippen LogP contribution in [0.25, 0.3) is 6.08 Å². The molecule has 0 bridgehead atoms. The van der Waals surface area contributed by atoms with Gasteiger partial charge in [-0.2, -0.15) is 0 Å². The summed E-state index contributed by atoms with van der Waals surface area (Å²) in [6, 6.07) is 12.9. The van der Waals surface area contributed by atoms with Crippen LogP contribution in [0, 0.1) is 10.1 Å². The highest BCUT2D eigenvalue weighted by molar-refractivity contribution is 7.80. The Morgan fingerprint density at radius 3 is 2.54 bits per heavy atom. The quantitative estimate of drug-likeness (QED) is 0.393. The van der Waals surface area contributed by atoms with Gasteiger partial charge in [0.15, 0.2) is 5.11 Å². The number of anilines is 1. The van der Waals surface area contributed by atoms with Crippen molar-refractivity contribution in [2.75, 3.05) is 4.90 Å². The average molecular weight is 360 g/mol. The van der Waals surface area contributed by atoms with Gasteiger partial charge in [-0.3, -0.25) is 19.8 Å². The maximum atomic E-state index is 12.6. The van der Waals surface area contributed by atoms with Crippen molar-refractivity contribution in [2.45, 2.75) is 0 Å². The molecule has 0 atom stereocenters. The number of carbonyl (C=O) groups is 1. The molecule has 1 aliphatic rings. The van der Waals surface area contributed by atoms with Crippen molar-refractivity contribution in [1.29, 1.82) is 0 Å². The van der Waals surface area contributed by atoms with Gasteiger partial charge in [-0.15, -0.1) is 0 Å². The zero-order valence-corrected chi connectivity index (χ0v) is 13.7. The van der Waals surface area contributed by atoms with Crippen LogP contribution >= 0.6 is 23.8 Å². The molecule has 2 aromatic carbocycles. The second-order valence-electron chi connectivity index (χ2n) is 4.90. The summed E-state index contributed by atoms with van der Waals surface area (Å²) >= 11 is 11.3. The zero-order chi connectivity index (χ0) is 17.3. The van der Waals surface area contributed by atoms with Gasteiger partial charge in [0, 0.05) is 6.07 Å². The molecule has 0 spiro atoms. The van der Waals surface area contributed by atoms with Crippen LogP contribution in [0.5, 0.6) is 0 Å². The highest BCUT2D eigenvalue weighted by Crippen LogP contribution is 2.30. The van der Waals surface area contributed by atoms with Crippen LogP contribution in [0.2, 0.25) is 5.02 Å². The zero-order valence-electron chi connectivity index (χ0n) is 12.1. The molecule has 1 amide bonds. The summed E-state index contributed by atoms with van der Waals surface area (Å²) in [5.74, 6) is -0.425. The first-order chi connectivity index (χ1) is 11.5. The molecule has 0 saturated carbocycles. The number of nitrogens with one attached hydrogen (secondary N) is 1. The van der Waals surface area contributed by atoms with Crippen molar-refractivity contribution in [3.05, 3.63) is 74.9 Å². The van der Waals surface area contributed by atoms with E-state index in [0.717, 1.165) is 0 Å². The van der Waals surface area contributed by atoms with Crippen molar-refractivity contribution in [3.63, 3.8) is 0 Å². The Labute approximate surface area is 147 Å². The summed E-state index contributed by atoms with van der Waals surface area (Å²) in [4.78, 5) is 24.5. The van der Waals surface area contributed by atoms with Crippen LogP contribution in [-0.2, 0) is 4.79 Å². The minimum absolute atomic E-state index is 0.0956. The molecule has 1 aliphatic heterocycles. The molecular formula is C16H10ClN3O3S. The summed E-state index contributed by atoms with van der Waals surface area (Å²) in [6.45, 7) is 0. The summed E-state index contributed by atoms with van der Waals surface area (Å²) in [5, 5.41) is 14.4. The number of carbonyl (C=O) groups excluding carboxylic acids is 1. The molecule has 1 heterocycles. The lowest BCUT2D eigenvalue weighted by atomic mass is 10.1. The SMILES string of the molecule is O=C1/C(=C/c2ccccc2[N+](=O)[O-])NC(=S)N1c1ccccc1Cl. The van der Waals surface area contributed by atoms with Crippen molar-refractivity contribution in [1.82, 2.24) is 5.32 Å². The molecule has 6 nitrogen and oxygen atoms in total. The standard InChI is InChI=1S/C16H10ClN3O3S/c17-11-6-2-4-8-14(11)19-15(21)12(18-16(19)24)9-10-5-1-3-7-13(10)20(22)23/h1-9H,(H,18,24)/b12-9-. The second-order valence-corrected chi connectivity index (χ2v) is 5.69. The first-order valence-electron chi connectivity index (χ1n) is 6.84. The smallest absolute Gasteiger partial charge is 0.281 e. The highest BCUT2D eigenvalue weighted by atomic mass is 35.5. The number of benzene rings is 2. The number of hydrogen-bond acceptors (Lipinski definition) is 4. The molecule has 8 heteroatoms. The summed E-state index contributed by atoms with van der Waals surface area (Å²) < 4.78 is 0. The fraction of sp³-hybridized carbons (Fsp3) is 0. The van der Waals surface area contributed by atoms with Crippen LogP contribution in [0.3, 0.4) is 0 Å². The van der Waals surface area contributed by atoms with Gasteiger partial charge < -0.3 is 5.32 Å². The summed E-state index contributed by atoms with van der Waals surface area (Å²) in [7, 11) is 0. The number of amides is 1. The van der Waals surface area contributed by atoms with Crippen molar-refractivity contribution in [2.24, 2.45) is 0 Å². The van der Waals surface area contributed by atoms with Crippen LogP contribution in [0.15, 0.2) is 54.2 Å². The van der Waals surface area contributed by atoms with Crippen LogP contribution < -0.4 is 10.2 Å². The van der Waals surface area contributed by atoms with Gasteiger partial charge in [0.25, 0.3) is 11.6 Å². The first kappa shape index (κ1) is 16.1. The number of nitrogens with zero attached hydrogens (tertiary/aromatic N) is 2. The third-order valence-corrected chi connectivity index (χ3v) is 4.01. The van der Waals surface area contributed by atoms with E-state index in [4.69, 9.17) is 23.8 Å². The first-order valence-corrected chi connectivity index (χ1v) is 7.63. The lowest BCUT2D eigenvalue weighted by Crippen LogP contribution is -2.30. The van der Waals surface area contributed by atoms with Gasteiger partial charge in [0.2, 0.25) is 0 Å². The minimum atomic E-state index is -0.504. The molecule has 2 aromatic rings. The Hall–Kier alpha value is -2.77. The molecule has 1 fully saturated rings. The van der Waals surface area contributed by atoms with E-state index in [-0.39, 0.29) is 16.5 Å². The average Bonchev–Trinajstić information content (AvgIpc) is 2.82. The number of para-hydroxylation sites is 2. The number of rotatable bonds is 3. The van der Waals surface area contributed by atoms with E-state index in [1.54, 1.807) is 42.5 Å². The third kappa shape index (κ3) is 2.86. The van der Waals surface area contributed by atoms with E-state index in [9.17, 15) is 14.9 Å². The van der Waals surface area contributed by atoms with E-state index >= 15 is 0 Å². The summed E-state index contributed by atoms with van der Waals surface area (Å²) in [5.41, 5.74) is 0.811. The largest absolute Gasteiger partial charge is 0.327 e. The molecule has 0 radical (unpaired) electrons. The molecular weight excluding hydrogens is 350 g/mol. The maximum Gasteiger partial charge on any atom is 0.281 e. The molecule has 3 rings (SSSR count). The van der Waals surface area contributed by atoms with Gasteiger partial charge in [-0.1, -0.05) is 35.9 Å². The van der Waals surface area contributed by atoms with E-state index < -0.39 is 10.8 Å². The number of thiocarbonyl (C=S) groups is 1. The fourth-order valence-electron chi connectivity index (χ4n) is 2.32. The van der Waals surface area contributed by atoms with Crippen molar-refractivity contribution >= 4 is 52.3 Å². The van der Waals surface area contributed by atoms with Crippen LogP contribution in [0.4, 0.5) is 11.4 Å². The molecule has 1 saturated heterocycles. The maximum absolute atomic E-state index is 12.6. The third-order valence-electron chi connectivity index (χ3n) is 3.40. The molecule has 0 aromatic heterocycles. The van der Waals surface area contributed by atoms with Gasteiger partial charge in [-0.05, 0) is 36.5 Å². The number of nitro groups is 1. The molecule has 24 heavy (non-hydrogen) atoms. The predicted octanol–water partition coefficient (Wildman–Crippen LogP) is 3.51. The number of hydrogen-bond donors (Lipinski definition) is 1. The van der Waals surface area contributed by atoms with Crippen LogP contribution in [0.1, 0.15) is 5.56 Å².